The van der Waals surface area contributed by atoms with Crippen molar-refractivity contribution in [2.75, 3.05) is 33.4 Å². The van der Waals surface area contributed by atoms with E-state index < -0.39 is 0 Å². The summed E-state index contributed by atoms with van der Waals surface area (Å²) in [6, 6.07) is 6.41. The van der Waals surface area contributed by atoms with E-state index in [9.17, 15) is 4.79 Å². The molecule has 4 heteroatoms. The first-order valence-corrected chi connectivity index (χ1v) is 10.1. The van der Waals surface area contributed by atoms with Crippen molar-refractivity contribution in [3.8, 4) is 5.75 Å². The molecule has 2 aliphatic rings. The molecule has 1 saturated carbocycles. The summed E-state index contributed by atoms with van der Waals surface area (Å²) in [5.41, 5.74) is 2.44. The van der Waals surface area contributed by atoms with Crippen molar-refractivity contribution in [3.05, 3.63) is 29.3 Å². The Morgan fingerprint density at radius 2 is 2.12 bits per heavy atom. The van der Waals surface area contributed by atoms with Crippen molar-refractivity contribution in [1.29, 1.82) is 0 Å². The maximum atomic E-state index is 13.0. The van der Waals surface area contributed by atoms with E-state index in [1.165, 1.54) is 24.8 Å². The first-order valence-electron chi connectivity index (χ1n) is 10.1. The Labute approximate surface area is 157 Å². The minimum absolute atomic E-state index is 0.316. The molecule has 1 aromatic rings. The average Bonchev–Trinajstić information content (AvgIpc) is 3.49. The van der Waals surface area contributed by atoms with Gasteiger partial charge in [0.25, 0.3) is 0 Å². The third-order valence-electron chi connectivity index (χ3n) is 5.86. The van der Waals surface area contributed by atoms with Crippen LogP contribution in [0.25, 0.3) is 0 Å². The van der Waals surface area contributed by atoms with Crippen LogP contribution in [-0.4, -0.2) is 44.2 Å². The summed E-state index contributed by atoms with van der Waals surface area (Å²) in [6.07, 6.45) is 5.40. The molecule has 144 valence electrons. The molecule has 3 rings (SSSR count). The van der Waals surface area contributed by atoms with Crippen molar-refractivity contribution in [3.63, 3.8) is 0 Å². The van der Waals surface area contributed by atoms with E-state index in [4.69, 9.17) is 9.47 Å². The van der Waals surface area contributed by atoms with E-state index in [1.54, 1.807) is 7.11 Å². The van der Waals surface area contributed by atoms with Gasteiger partial charge in [0.2, 0.25) is 5.91 Å². The van der Waals surface area contributed by atoms with Crippen LogP contribution >= 0.6 is 0 Å². The highest BCUT2D eigenvalue weighted by Gasteiger charge is 2.35. The maximum absolute atomic E-state index is 13.0. The number of likely N-dealkylation sites (tertiary alicyclic amines) is 1. The van der Waals surface area contributed by atoms with Crippen molar-refractivity contribution >= 4 is 5.91 Å². The smallest absolute Gasteiger partial charge is 0.223 e. The van der Waals surface area contributed by atoms with Crippen molar-refractivity contribution < 1.29 is 14.3 Å². The van der Waals surface area contributed by atoms with Crippen LogP contribution in [0, 0.1) is 18.8 Å². The first-order chi connectivity index (χ1) is 12.6. The summed E-state index contributed by atoms with van der Waals surface area (Å²) in [6.45, 7) is 7.41. The van der Waals surface area contributed by atoms with Gasteiger partial charge in [-0.25, -0.2) is 0 Å². The summed E-state index contributed by atoms with van der Waals surface area (Å²) in [7, 11) is 1.71. The molecule has 0 N–H and O–H groups in total. The van der Waals surface area contributed by atoms with Gasteiger partial charge in [0.05, 0.1) is 13.7 Å². The highest BCUT2D eigenvalue weighted by atomic mass is 16.5. The van der Waals surface area contributed by atoms with Gasteiger partial charge in [-0.15, -0.1) is 0 Å². The van der Waals surface area contributed by atoms with Gasteiger partial charge in [-0.05, 0) is 74.5 Å². The van der Waals surface area contributed by atoms with E-state index >= 15 is 0 Å². The second-order valence-electron chi connectivity index (χ2n) is 7.88. The molecule has 0 radical (unpaired) electrons. The minimum Gasteiger partial charge on any atom is -0.496 e. The lowest BCUT2D eigenvalue weighted by atomic mass is 9.88. The largest absolute Gasteiger partial charge is 0.496 e. The summed E-state index contributed by atoms with van der Waals surface area (Å²) in [4.78, 5) is 15.1. The van der Waals surface area contributed by atoms with Crippen LogP contribution in [-0.2, 0) is 9.53 Å². The van der Waals surface area contributed by atoms with E-state index in [2.05, 4.69) is 24.0 Å². The van der Waals surface area contributed by atoms with Crippen LogP contribution in [0.2, 0.25) is 0 Å². The average molecular weight is 360 g/mol. The highest BCUT2D eigenvalue weighted by molar-refractivity contribution is 5.77. The Kier molecular flexibility index (Phi) is 6.58. The van der Waals surface area contributed by atoms with Gasteiger partial charge < -0.3 is 14.4 Å². The maximum Gasteiger partial charge on any atom is 0.223 e. The van der Waals surface area contributed by atoms with Gasteiger partial charge in [-0.1, -0.05) is 12.1 Å². The number of nitrogens with zero attached hydrogens (tertiary/aromatic N) is 1. The SMILES string of the molecule is CCOCC1CCCN(C(=O)CC(c2ccc(OC)c(C)c2)C2CC2)C1. The number of carbonyl (C=O) groups is 1. The summed E-state index contributed by atoms with van der Waals surface area (Å²) < 4.78 is 11.0. The fourth-order valence-electron chi connectivity index (χ4n) is 4.22. The monoisotopic (exact) mass is 359 g/mol. The van der Waals surface area contributed by atoms with Crippen LogP contribution < -0.4 is 4.74 Å². The highest BCUT2D eigenvalue weighted by Crippen LogP contribution is 2.45. The molecular formula is C22H33NO3. The van der Waals surface area contributed by atoms with E-state index in [0.717, 1.165) is 44.0 Å². The summed E-state index contributed by atoms with van der Waals surface area (Å²) in [5, 5.41) is 0. The molecule has 26 heavy (non-hydrogen) atoms. The number of methoxy groups -OCH3 is 1. The molecule has 2 atom stereocenters. The van der Waals surface area contributed by atoms with Crippen molar-refractivity contribution in [2.24, 2.45) is 11.8 Å². The van der Waals surface area contributed by atoms with E-state index in [1.807, 2.05) is 13.0 Å². The number of carbonyl (C=O) groups excluding carboxylic acids is 1. The van der Waals surface area contributed by atoms with Crippen LogP contribution in [0.3, 0.4) is 0 Å². The molecule has 1 aromatic carbocycles. The minimum atomic E-state index is 0.316. The van der Waals surface area contributed by atoms with Gasteiger partial charge >= 0.3 is 0 Å². The van der Waals surface area contributed by atoms with Gasteiger partial charge in [0.1, 0.15) is 5.75 Å². The molecule has 1 aliphatic carbocycles. The molecular weight excluding hydrogens is 326 g/mol. The summed E-state index contributed by atoms with van der Waals surface area (Å²) >= 11 is 0. The zero-order chi connectivity index (χ0) is 18.5. The molecule has 1 amide bonds. The second-order valence-corrected chi connectivity index (χ2v) is 7.88. The predicted octanol–water partition coefficient (Wildman–Crippen LogP) is 4.16. The number of hydrogen-bond donors (Lipinski definition) is 0. The van der Waals surface area contributed by atoms with E-state index in [0.29, 0.717) is 30.1 Å². The quantitative estimate of drug-likeness (QED) is 0.699. The Morgan fingerprint density at radius 3 is 2.77 bits per heavy atom. The fourth-order valence-corrected chi connectivity index (χ4v) is 4.22. The lowest BCUT2D eigenvalue weighted by Gasteiger charge is -2.33. The van der Waals surface area contributed by atoms with Gasteiger partial charge in [-0.2, -0.15) is 0 Å². The third-order valence-corrected chi connectivity index (χ3v) is 5.86. The predicted molar refractivity (Wildman–Crippen MR) is 104 cm³/mol. The van der Waals surface area contributed by atoms with Crippen LogP contribution in [0.1, 0.15) is 56.1 Å². The number of piperidine rings is 1. The molecule has 2 unspecified atom stereocenters. The van der Waals surface area contributed by atoms with Crippen LogP contribution in [0.4, 0.5) is 0 Å². The van der Waals surface area contributed by atoms with Crippen LogP contribution in [0.15, 0.2) is 18.2 Å². The summed E-state index contributed by atoms with van der Waals surface area (Å²) in [5.74, 6) is 2.74. The number of ether oxygens (including phenoxy) is 2. The van der Waals surface area contributed by atoms with Gasteiger partial charge in [0.15, 0.2) is 0 Å². The third kappa shape index (κ3) is 4.79. The molecule has 0 spiro atoms. The molecule has 4 nitrogen and oxygen atoms in total. The second kappa shape index (κ2) is 8.90. The van der Waals surface area contributed by atoms with Gasteiger partial charge in [-0.3, -0.25) is 4.79 Å². The normalized spacial score (nSPS) is 21.5. The number of aryl methyl sites for hydroxylation is 1. The number of amides is 1. The zero-order valence-electron chi connectivity index (χ0n) is 16.5. The van der Waals surface area contributed by atoms with E-state index in [-0.39, 0.29) is 0 Å². The Bertz CT molecular complexity index is 611. The standard InChI is InChI=1S/C22H33NO3/c1-4-26-15-17-6-5-11-23(14-17)22(24)13-20(18-7-8-18)19-9-10-21(25-3)16(2)12-19/h9-10,12,17-18,20H,4-8,11,13-15H2,1-3H3. The molecule has 1 aliphatic heterocycles. The van der Waals surface area contributed by atoms with Gasteiger partial charge in [0, 0.05) is 26.1 Å². The molecule has 0 aromatic heterocycles. The molecule has 2 fully saturated rings. The molecule has 0 bridgehead atoms. The molecule has 1 heterocycles. The molecule has 1 saturated heterocycles. The van der Waals surface area contributed by atoms with Crippen LogP contribution in [0.5, 0.6) is 5.75 Å². The number of rotatable bonds is 8. The first kappa shape index (κ1) is 19.2. The lowest BCUT2D eigenvalue weighted by molar-refractivity contribution is -0.134. The Balaban J connectivity index is 1.64. The lowest BCUT2D eigenvalue weighted by Crippen LogP contribution is -2.41. The fraction of sp³-hybridized carbons (Fsp3) is 0.682. The Hall–Kier alpha value is -1.55. The topological polar surface area (TPSA) is 38.8 Å². The van der Waals surface area contributed by atoms with Crippen molar-refractivity contribution in [2.45, 2.75) is 51.9 Å². The Morgan fingerprint density at radius 1 is 1.31 bits per heavy atom. The zero-order valence-corrected chi connectivity index (χ0v) is 16.5. The van der Waals surface area contributed by atoms with Crippen molar-refractivity contribution in [1.82, 2.24) is 4.90 Å². The number of hydrogen-bond acceptors (Lipinski definition) is 3. The number of benzene rings is 1.